The van der Waals surface area contributed by atoms with Gasteiger partial charge in [0.1, 0.15) is 6.10 Å². The summed E-state index contributed by atoms with van der Waals surface area (Å²) in [5, 5.41) is 8.86. The van der Waals surface area contributed by atoms with E-state index in [0.717, 1.165) is 18.4 Å². The summed E-state index contributed by atoms with van der Waals surface area (Å²) in [6, 6.07) is 6.43. The molecule has 0 saturated carbocycles. The number of carbonyl (C=O) groups is 2. The van der Waals surface area contributed by atoms with Crippen molar-refractivity contribution < 1.29 is 19.4 Å². The summed E-state index contributed by atoms with van der Waals surface area (Å²) in [6.45, 7) is 4.00. The molecule has 0 bridgehead atoms. The number of ether oxygens (including phenoxy) is 1. The van der Waals surface area contributed by atoms with Crippen LogP contribution in [0.25, 0.3) is 0 Å². The van der Waals surface area contributed by atoms with Crippen molar-refractivity contribution in [2.75, 3.05) is 0 Å². The van der Waals surface area contributed by atoms with Crippen LogP contribution in [-0.2, 0) is 9.53 Å². The van der Waals surface area contributed by atoms with Gasteiger partial charge in [-0.15, -0.1) is 0 Å². The fourth-order valence-corrected chi connectivity index (χ4v) is 2.45. The SMILES string of the molecule is CCCCCCCCCC(=O)OC(C)c1ccc(C(=O)O)cc1. The topological polar surface area (TPSA) is 63.6 Å². The maximum atomic E-state index is 11.8. The molecule has 0 aliphatic heterocycles. The third-order valence-corrected chi connectivity index (χ3v) is 3.92. The summed E-state index contributed by atoms with van der Waals surface area (Å²) in [7, 11) is 0. The first-order chi connectivity index (χ1) is 11.0. The molecule has 0 spiro atoms. The van der Waals surface area contributed by atoms with E-state index in [-0.39, 0.29) is 17.6 Å². The number of carbonyl (C=O) groups excluding carboxylic acids is 1. The summed E-state index contributed by atoms with van der Waals surface area (Å²) in [6.07, 6.45) is 8.29. The van der Waals surface area contributed by atoms with Gasteiger partial charge in [-0.05, 0) is 31.0 Å². The Morgan fingerprint density at radius 3 is 2.13 bits per heavy atom. The Labute approximate surface area is 138 Å². The van der Waals surface area contributed by atoms with Crippen LogP contribution in [-0.4, -0.2) is 17.0 Å². The number of hydrogen-bond acceptors (Lipinski definition) is 3. The molecule has 4 nitrogen and oxygen atoms in total. The molecule has 0 fully saturated rings. The lowest BCUT2D eigenvalue weighted by Gasteiger charge is -2.13. The lowest BCUT2D eigenvalue weighted by molar-refractivity contribution is -0.148. The average Bonchev–Trinajstić information content (AvgIpc) is 2.54. The Kier molecular flexibility index (Phi) is 9.03. The molecule has 1 N–H and O–H groups in total. The van der Waals surface area contributed by atoms with E-state index in [1.54, 1.807) is 19.1 Å². The van der Waals surface area contributed by atoms with Gasteiger partial charge < -0.3 is 9.84 Å². The highest BCUT2D eigenvalue weighted by atomic mass is 16.5. The summed E-state index contributed by atoms with van der Waals surface area (Å²) in [4.78, 5) is 22.6. The predicted octanol–water partition coefficient (Wildman–Crippen LogP) is 5.13. The maximum absolute atomic E-state index is 11.8. The van der Waals surface area contributed by atoms with E-state index in [4.69, 9.17) is 9.84 Å². The molecule has 1 rings (SSSR count). The number of hydrogen-bond donors (Lipinski definition) is 1. The predicted molar refractivity (Wildman–Crippen MR) is 90.5 cm³/mol. The van der Waals surface area contributed by atoms with Crippen molar-refractivity contribution in [3.8, 4) is 0 Å². The van der Waals surface area contributed by atoms with E-state index in [1.807, 2.05) is 0 Å². The van der Waals surface area contributed by atoms with E-state index in [0.29, 0.717) is 6.42 Å². The molecule has 0 heterocycles. The zero-order chi connectivity index (χ0) is 17.1. The van der Waals surface area contributed by atoms with E-state index >= 15 is 0 Å². The van der Waals surface area contributed by atoms with Gasteiger partial charge >= 0.3 is 11.9 Å². The van der Waals surface area contributed by atoms with Gasteiger partial charge in [0.15, 0.2) is 0 Å². The van der Waals surface area contributed by atoms with Crippen molar-refractivity contribution in [2.24, 2.45) is 0 Å². The second-order valence-electron chi connectivity index (χ2n) is 5.93. The fourth-order valence-electron chi connectivity index (χ4n) is 2.45. The number of unbranched alkanes of at least 4 members (excludes halogenated alkanes) is 6. The van der Waals surface area contributed by atoms with Gasteiger partial charge in [-0.25, -0.2) is 4.79 Å². The molecular formula is C19H28O4. The van der Waals surface area contributed by atoms with Crippen LogP contribution in [0.5, 0.6) is 0 Å². The molecule has 1 unspecified atom stereocenters. The van der Waals surface area contributed by atoms with Crippen LogP contribution in [0.2, 0.25) is 0 Å². The standard InChI is InChI=1S/C19H28O4/c1-3-4-5-6-7-8-9-10-18(20)23-15(2)16-11-13-17(14-12-16)19(21)22/h11-15H,3-10H2,1-2H3,(H,21,22). The highest BCUT2D eigenvalue weighted by Gasteiger charge is 2.12. The first-order valence-electron chi connectivity index (χ1n) is 8.57. The minimum absolute atomic E-state index is 0.187. The van der Waals surface area contributed by atoms with Crippen molar-refractivity contribution >= 4 is 11.9 Å². The van der Waals surface area contributed by atoms with Gasteiger partial charge in [-0.3, -0.25) is 4.79 Å². The highest BCUT2D eigenvalue weighted by molar-refractivity contribution is 5.87. The first kappa shape index (κ1) is 19.2. The van der Waals surface area contributed by atoms with Crippen molar-refractivity contribution in [3.05, 3.63) is 35.4 Å². The minimum Gasteiger partial charge on any atom is -0.478 e. The second kappa shape index (κ2) is 10.8. The monoisotopic (exact) mass is 320 g/mol. The van der Waals surface area contributed by atoms with Crippen molar-refractivity contribution in [3.63, 3.8) is 0 Å². The molecule has 0 saturated heterocycles. The van der Waals surface area contributed by atoms with Crippen molar-refractivity contribution in [2.45, 2.75) is 71.3 Å². The molecule has 1 aromatic carbocycles. The Bertz CT molecular complexity index is 479. The van der Waals surface area contributed by atoms with E-state index in [9.17, 15) is 9.59 Å². The quantitative estimate of drug-likeness (QED) is 0.453. The largest absolute Gasteiger partial charge is 0.478 e. The van der Waals surface area contributed by atoms with E-state index in [2.05, 4.69) is 6.92 Å². The molecule has 23 heavy (non-hydrogen) atoms. The smallest absolute Gasteiger partial charge is 0.335 e. The summed E-state index contributed by atoms with van der Waals surface area (Å²) >= 11 is 0. The zero-order valence-electron chi connectivity index (χ0n) is 14.2. The molecule has 1 atom stereocenters. The molecule has 0 aromatic heterocycles. The van der Waals surface area contributed by atoms with Crippen molar-refractivity contribution in [1.82, 2.24) is 0 Å². The summed E-state index contributed by atoms with van der Waals surface area (Å²) in [5.74, 6) is -1.14. The van der Waals surface area contributed by atoms with Gasteiger partial charge in [0.2, 0.25) is 0 Å². The van der Waals surface area contributed by atoms with Gasteiger partial charge in [-0.2, -0.15) is 0 Å². The molecule has 128 valence electrons. The van der Waals surface area contributed by atoms with E-state index in [1.165, 1.54) is 44.2 Å². The van der Waals surface area contributed by atoms with Gasteiger partial charge in [0.05, 0.1) is 5.56 Å². The van der Waals surface area contributed by atoms with Gasteiger partial charge in [0.25, 0.3) is 0 Å². The number of carboxylic acids is 1. The van der Waals surface area contributed by atoms with Crippen LogP contribution >= 0.6 is 0 Å². The Hall–Kier alpha value is -1.84. The number of benzene rings is 1. The molecule has 0 amide bonds. The molecule has 0 aliphatic carbocycles. The Morgan fingerprint density at radius 1 is 1.00 bits per heavy atom. The molecular weight excluding hydrogens is 292 g/mol. The number of esters is 1. The van der Waals surface area contributed by atoms with E-state index < -0.39 is 5.97 Å². The van der Waals surface area contributed by atoms with Gasteiger partial charge in [0, 0.05) is 6.42 Å². The lowest BCUT2D eigenvalue weighted by Crippen LogP contribution is -2.09. The lowest BCUT2D eigenvalue weighted by atomic mass is 10.1. The van der Waals surface area contributed by atoms with Crippen LogP contribution in [0.3, 0.4) is 0 Å². The molecule has 4 heteroatoms. The molecule has 1 aromatic rings. The van der Waals surface area contributed by atoms with Crippen LogP contribution in [0, 0.1) is 0 Å². The fraction of sp³-hybridized carbons (Fsp3) is 0.579. The average molecular weight is 320 g/mol. The zero-order valence-corrected chi connectivity index (χ0v) is 14.2. The Balaban J connectivity index is 2.24. The summed E-state index contributed by atoms with van der Waals surface area (Å²) < 4.78 is 5.40. The summed E-state index contributed by atoms with van der Waals surface area (Å²) in [5.41, 5.74) is 1.04. The molecule has 0 aliphatic rings. The highest BCUT2D eigenvalue weighted by Crippen LogP contribution is 2.19. The van der Waals surface area contributed by atoms with Crippen molar-refractivity contribution in [1.29, 1.82) is 0 Å². The first-order valence-corrected chi connectivity index (χ1v) is 8.57. The minimum atomic E-state index is -0.958. The Morgan fingerprint density at radius 2 is 1.57 bits per heavy atom. The maximum Gasteiger partial charge on any atom is 0.335 e. The van der Waals surface area contributed by atoms with Crippen LogP contribution in [0.15, 0.2) is 24.3 Å². The molecule has 0 radical (unpaired) electrons. The van der Waals surface area contributed by atoms with Crippen LogP contribution < -0.4 is 0 Å². The normalized spacial score (nSPS) is 11.9. The van der Waals surface area contributed by atoms with Crippen LogP contribution in [0.1, 0.15) is 87.2 Å². The number of rotatable bonds is 11. The van der Waals surface area contributed by atoms with Gasteiger partial charge in [-0.1, -0.05) is 57.6 Å². The van der Waals surface area contributed by atoms with Crippen LogP contribution in [0.4, 0.5) is 0 Å². The third-order valence-electron chi connectivity index (χ3n) is 3.92. The third kappa shape index (κ3) is 7.82. The number of aromatic carboxylic acids is 1. The second-order valence-corrected chi connectivity index (χ2v) is 5.93. The number of carboxylic acid groups (broad SMARTS) is 1.